The molecule has 3 heteroatoms. The molecule has 0 spiro atoms. The van der Waals surface area contributed by atoms with Crippen LogP contribution in [0.2, 0.25) is 0 Å². The van der Waals surface area contributed by atoms with E-state index in [1.54, 1.807) is 0 Å². The van der Waals surface area contributed by atoms with Crippen molar-refractivity contribution in [3.63, 3.8) is 0 Å². The molecule has 0 aliphatic heterocycles. The maximum Gasteiger partial charge on any atom is 0.0959 e. The van der Waals surface area contributed by atoms with Crippen LogP contribution in [0.15, 0.2) is 5.38 Å². The minimum Gasteiger partial charge on any atom is -0.330 e. The molecule has 84 valence electrons. The molecule has 0 aromatic carbocycles. The standard InChI is InChI=1S/C12H20N2S/c1-12(2,6-7-13)10-8-15-11(14-10)9-4-3-5-9/h8-9H,3-7,13H2,1-2H3. The van der Waals surface area contributed by atoms with E-state index in [0.29, 0.717) is 0 Å². The second kappa shape index (κ2) is 4.22. The van der Waals surface area contributed by atoms with E-state index in [0.717, 1.165) is 18.9 Å². The summed E-state index contributed by atoms with van der Waals surface area (Å²) in [4.78, 5) is 4.79. The highest BCUT2D eigenvalue weighted by molar-refractivity contribution is 7.09. The Bertz CT molecular complexity index is 326. The maximum atomic E-state index is 5.63. The second-order valence-electron chi connectivity index (χ2n) is 5.12. The minimum atomic E-state index is 0.146. The van der Waals surface area contributed by atoms with Crippen LogP contribution >= 0.6 is 11.3 Å². The van der Waals surface area contributed by atoms with Crippen LogP contribution in [0.5, 0.6) is 0 Å². The van der Waals surface area contributed by atoms with E-state index in [1.807, 2.05) is 11.3 Å². The molecule has 0 saturated heterocycles. The topological polar surface area (TPSA) is 38.9 Å². The van der Waals surface area contributed by atoms with Crippen molar-refractivity contribution in [2.75, 3.05) is 6.54 Å². The summed E-state index contributed by atoms with van der Waals surface area (Å²) in [5.41, 5.74) is 7.01. The third-order valence-electron chi connectivity index (χ3n) is 3.44. The van der Waals surface area contributed by atoms with Crippen LogP contribution < -0.4 is 5.73 Å². The van der Waals surface area contributed by atoms with Gasteiger partial charge in [-0.15, -0.1) is 11.3 Å². The molecule has 1 aliphatic carbocycles. The summed E-state index contributed by atoms with van der Waals surface area (Å²) in [5, 5.41) is 3.57. The molecule has 1 aromatic rings. The number of nitrogens with zero attached hydrogens (tertiary/aromatic N) is 1. The van der Waals surface area contributed by atoms with Crippen LogP contribution in [0.1, 0.15) is 56.2 Å². The third kappa shape index (κ3) is 2.23. The van der Waals surface area contributed by atoms with Gasteiger partial charge in [0.25, 0.3) is 0 Å². The van der Waals surface area contributed by atoms with Crippen LogP contribution in [0.4, 0.5) is 0 Å². The molecular weight excluding hydrogens is 204 g/mol. The van der Waals surface area contributed by atoms with Crippen molar-refractivity contribution >= 4 is 11.3 Å². The van der Waals surface area contributed by atoms with E-state index in [1.165, 1.54) is 30.0 Å². The number of rotatable bonds is 4. The predicted octanol–water partition coefficient (Wildman–Crippen LogP) is 3.04. The molecule has 1 fully saturated rings. The van der Waals surface area contributed by atoms with Crippen molar-refractivity contribution < 1.29 is 0 Å². The maximum absolute atomic E-state index is 5.63. The predicted molar refractivity (Wildman–Crippen MR) is 65.4 cm³/mol. The van der Waals surface area contributed by atoms with Gasteiger partial charge in [-0.1, -0.05) is 20.3 Å². The Balaban J connectivity index is 2.11. The van der Waals surface area contributed by atoms with Crippen molar-refractivity contribution in [3.8, 4) is 0 Å². The Hall–Kier alpha value is -0.410. The highest BCUT2D eigenvalue weighted by atomic mass is 32.1. The molecule has 15 heavy (non-hydrogen) atoms. The average Bonchev–Trinajstić information content (AvgIpc) is 2.50. The lowest BCUT2D eigenvalue weighted by molar-refractivity contribution is 0.413. The third-order valence-corrected chi connectivity index (χ3v) is 4.45. The molecule has 0 atom stereocenters. The van der Waals surface area contributed by atoms with E-state index >= 15 is 0 Å². The number of hydrogen-bond donors (Lipinski definition) is 1. The monoisotopic (exact) mass is 224 g/mol. The van der Waals surface area contributed by atoms with Gasteiger partial charge in [0.15, 0.2) is 0 Å². The van der Waals surface area contributed by atoms with E-state index in [2.05, 4.69) is 19.2 Å². The summed E-state index contributed by atoms with van der Waals surface area (Å²) in [5.74, 6) is 0.762. The molecule has 1 aliphatic rings. The number of aromatic nitrogens is 1. The first-order valence-electron chi connectivity index (χ1n) is 5.79. The summed E-state index contributed by atoms with van der Waals surface area (Å²) < 4.78 is 0. The first kappa shape index (κ1) is 11.1. The highest BCUT2D eigenvalue weighted by Crippen LogP contribution is 2.39. The lowest BCUT2D eigenvalue weighted by Gasteiger charge is -2.24. The average molecular weight is 224 g/mol. The number of thiazole rings is 1. The number of hydrogen-bond acceptors (Lipinski definition) is 3. The largest absolute Gasteiger partial charge is 0.330 e. The summed E-state index contributed by atoms with van der Waals surface area (Å²) in [6, 6.07) is 0. The van der Waals surface area contributed by atoms with Gasteiger partial charge >= 0.3 is 0 Å². The fourth-order valence-electron chi connectivity index (χ4n) is 1.93. The highest BCUT2D eigenvalue weighted by Gasteiger charge is 2.27. The molecular formula is C12H20N2S. The van der Waals surface area contributed by atoms with Crippen molar-refractivity contribution in [1.29, 1.82) is 0 Å². The van der Waals surface area contributed by atoms with Crippen molar-refractivity contribution in [3.05, 3.63) is 16.1 Å². The first-order valence-corrected chi connectivity index (χ1v) is 6.67. The van der Waals surface area contributed by atoms with Gasteiger partial charge in [-0.3, -0.25) is 0 Å². The lowest BCUT2D eigenvalue weighted by atomic mass is 9.85. The molecule has 0 amide bonds. The summed E-state index contributed by atoms with van der Waals surface area (Å²) >= 11 is 1.83. The molecule has 0 bridgehead atoms. The fourth-order valence-corrected chi connectivity index (χ4v) is 3.11. The van der Waals surface area contributed by atoms with Crippen molar-refractivity contribution in [1.82, 2.24) is 4.98 Å². The van der Waals surface area contributed by atoms with Gasteiger partial charge in [0, 0.05) is 16.7 Å². The lowest BCUT2D eigenvalue weighted by Crippen LogP contribution is -2.22. The Labute approximate surface area is 95.9 Å². The number of nitrogens with two attached hydrogens (primary N) is 1. The smallest absolute Gasteiger partial charge is 0.0959 e. The summed E-state index contributed by atoms with van der Waals surface area (Å²) in [6.45, 7) is 5.21. The van der Waals surface area contributed by atoms with E-state index < -0.39 is 0 Å². The molecule has 1 heterocycles. The minimum absolute atomic E-state index is 0.146. The van der Waals surface area contributed by atoms with E-state index in [4.69, 9.17) is 10.7 Å². The van der Waals surface area contributed by atoms with Crippen molar-refractivity contribution in [2.45, 2.75) is 50.9 Å². The SMILES string of the molecule is CC(C)(CCN)c1csc(C2CCC2)n1. The Morgan fingerprint density at radius 3 is 2.80 bits per heavy atom. The molecule has 2 N–H and O–H groups in total. The summed E-state index contributed by atoms with van der Waals surface area (Å²) in [6.07, 6.45) is 5.07. The molecule has 2 rings (SSSR count). The molecule has 1 aromatic heterocycles. The molecule has 2 nitrogen and oxygen atoms in total. The Morgan fingerprint density at radius 1 is 1.53 bits per heavy atom. The summed E-state index contributed by atoms with van der Waals surface area (Å²) in [7, 11) is 0. The zero-order valence-electron chi connectivity index (χ0n) is 9.62. The normalized spacial score (nSPS) is 17.8. The second-order valence-corrected chi connectivity index (χ2v) is 6.01. The van der Waals surface area contributed by atoms with Crippen LogP contribution in [0.3, 0.4) is 0 Å². The van der Waals surface area contributed by atoms with Gasteiger partial charge in [0.1, 0.15) is 0 Å². The zero-order chi connectivity index (χ0) is 10.9. The Kier molecular flexibility index (Phi) is 3.12. The van der Waals surface area contributed by atoms with Crippen molar-refractivity contribution in [2.24, 2.45) is 5.73 Å². The van der Waals surface area contributed by atoms with Gasteiger partial charge in [0.05, 0.1) is 10.7 Å². The quantitative estimate of drug-likeness (QED) is 0.853. The van der Waals surface area contributed by atoms with Crippen LogP contribution in [-0.4, -0.2) is 11.5 Å². The molecule has 0 unspecified atom stereocenters. The van der Waals surface area contributed by atoms with Gasteiger partial charge in [-0.25, -0.2) is 4.98 Å². The van der Waals surface area contributed by atoms with E-state index in [-0.39, 0.29) is 5.41 Å². The van der Waals surface area contributed by atoms with E-state index in [9.17, 15) is 0 Å². The van der Waals surface area contributed by atoms with Crippen LogP contribution in [-0.2, 0) is 5.41 Å². The Morgan fingerprint density at radius 2 is 2.27 bits per heavy atom. The van der Waals surface area contributed by atoms with Gasteiger partial charge in [-0.2, -0.15) is 0 Å². The van der Waals surface area contributed by atoms with Crippen LogP contribution in [0.25, 0.3) is 0 Å². The molecule has 0 radical (unpaired) electrons. The van der Waals surface area contributed by atoms with Crippen LogP contribution in [0, 0.1) is 0 Å². The first-order chi connectivity index (χ1) is 7.13. The van der Waals surface area contributed by atoms with Gasteiger partial charge < -0.3 is 5.73 Å². The molecule has 1 saturated carbocycles. The fraction of sp³-hybridized carbons (Fsp3) is 0.750. The van der Waals surface area contributed by atoms with Gasteiger partial charge in [-0.05, 0) is 25.8 Å². The zero-order valence-corrected chi connectivity index (χ0v) is 10.4. The van der Waals surface area contributed by atoms with Gasteiger partial charge in [0.2, 0.25) is 0 Å².